The molecule has 0 bridgehead atoms. The molecule has 1 aromatic carbocycles. The number of hydrogen-bond donors (Lipinski definition) is 1. The van der Waals surface area contributed by atoms with Crippen molar-refractivity contribution in [1.29, 1.82) is 0 Å². The maximum atomic E-state index is 12.2. The average molecular weight is 300 g/mol. The standard InChI is InChI=1S/C18H24N2O2/c1-13-6-5-7-14(10-13)15-11-16(15)18(22)19-12-17(21)20-8-3-2-4-9-20/h5-7,10,15-16H,2-4,8-9,11-12H2,1H3,(H,19,22)/t15-,16-/m1/s1. The number of rotatable bonds is 4. The molecule has 4 heteroatoms. The van der Waals surface area contributed by atoms with Crippen LogP contribution in [0.4, 0.5) is 0 Å². The van der Waals surface area contributed by atoms with E-state index in [1.54, 1.807) is 0 Å². The predicted octanol–water partition coefficient (Wildman–Crippen LogP) is 2.23. The van der Waals surface area contributed by atoms with Gasteiger partial charge in [0.25, 0.3) is 0 Å². The fraction of sp³-hybridized carbons (Fsp3) is 0.556. The highest BCUT2D eigenvalue weighted by Gasteiger charge is 2.43. The van der Waals surface area contributed by atoms with Crippen LogP contribution >= 0.6 is 0 Å². The molecule has 2 aliphatic rings. The normalized spacial score (nSPS) is 24.0. The SMILES string of the molecule is Cc1cccc([C@H]2C[C@H]2C(=O)NCC(=O)N2CCCCC2)c1. The van der Waals surface area contributed by atoms with Crippen LogP contribution in [0.5, 0.6) is 0 Å². The first-order valence-electron chi connectivity index (χ1n) is 8.27. The summed E-state index contributed by atoms with van der Waals surface area (Å²) < 4.78 is 0. The molecule has 1 aliphatic carbocycles. The summed E-state index contributed by atoms with van der Waals surface area (Å²) >= 11 is 0. The molecule has 0 radical (unpaired) electrons. The summed E-state index contributed by atoms with van der Waals surface area (Å²) in [6, 6.07) is 8.34. The molecule has 118 valence electrons. The zero-order valence-corrected chi connectivity index (χ0v) is 13.2. The van der Waals surface area contributed by atoms with Gasteiger partial charge in [0.05, 0.1) is 6.54 Å². The van der Waals surface area contributed by atoms with Gasteiger partial charge in [0.15, 0.2) is 0 Å². The van der Waals surface area contributed by atoms with Crippen LogP contribution < -0.4 is 5.32 Å². The van der Waals surface area contributed by atoms with Crippen LogP contribution in [-0.2, 0) is 9.59 Å². The first-order valence-corrected chi connectivity index (χ1v) is 8.27. The Morgan fingerprint density at radius 2 is 2.00 bits per heavy atom. The molecule has 22 heavy (non-hydrogen) atoms. The molecule has 0 aromatic heterocycles. The van der Waals surface area contributed by atoms with Crippen molar-refractivity contribution in [2.75, 3.05) is 19.6 Å². The van der Waals surface area contributed by atoms with E-state index in [4.69, 9.17) is 0 Å². The molecule has 2 amide bonds. The second kappa shape index (κ2) is 6.51. The molecule has 2 fully saturated rings. The summed E-state index contributed by atoms with van der Waals surface area (Å²) in [6.07, 6.45) is 4.26. The van der Waals surface area contributed by atoms with Gasteiger partial charge in [-0.15, -0.1) is 0 Å². The summed E-state index contributed by atoms with van der Waals surface area (Å²) in [4.78, 5) is 26.1. The van der Waals surface area contributed by atoms with E-state index >= 15 is 0 Å². The van der Waals surface area contributed by atoms with E-state index in [0.29, 0.717) is 5.92 Å². The fourth-order valence-corrected chi connectivity index (χ4v) is 3.30. The summed E-state index contributed by atoms with van der Waals surface area (Å²) in [5.41, 5.74) is 2.46. The maximum Gasteiger partial charge on any atom is 0.241 e. The van der Waals surface area contributed by atoms with Gasteiger partial charge in [0.1, 0.15) is 0 Å². The number of carbonyl (C=O) groups excluding carboxylic acids is 2. The number of nitrogens with zero attached hydrogens (tertiary/aromatic N) is 1. The summed E-state index contributed by atoms with van der Waals surface area (Å²) in [5.74, 6) is 0.443. The smallest absolute Gasteiger partial charge is 0.241 e. The molecule has 3 rings (SSSR count). The first-order chi connectivity index (χ1) is 10.6. The van der Waals surface area contributed by atoms with Crippen LogP contribution in [-0.4, -0.2) is 36.3 Å². The molecule has 0 unspecified atom stereocenters. The Labute approximate surface area is 131 Å². The molecular weight excluding hydrogens is 276 g/mol. The third-order valence-electron chi connectivity index (χ3n) is 4.72. The molecule has 0 spiro atoms. The van der Waals surface area contributed by atoms with E-state index in [2.05, 4.69) is 30.4 Å². The van der Waals surface area contributed by atoms with Crippen LogP contribution in [0.25, 0.3) is 0 Å². The lowest BCUT2D eigenvalue weighted by molar-refractivity contribution is -0.133. The zero-order chi connectivity index (χ0) is 15.5. The Balaban J connectivity index is 1.46. The lowest BCUT2D eigenvalue weighted by Crippen LogP contribution is -2.43. The summed E-state index contributed by atoms with van der Waals surface area (Å²) in [7, 11) is 0. The van der Waals surface area contributed by atoms with E-state index in [1.807, 2.05) is 11.0 Å². The van der Waals surface area contributed by atoms with Crippen molar-refractivity contribution in [3.05, 3.63) is 35.4 Å². The third kappa shape index (κ3) is 3.49. The van der Waals surface area contributed by atoms with Crippen molar-refractivity contribution in [1.82, 2.24) is 10.2 Å². The highest BCUT2D eigenvalue weighted by atomic mass is 16.2. The molecule has 2 atom stereocenters. The van der Waals surface area contributed by atoms with Crippen molar-refractivity contribution in [2.24, 2.45) is 5.92 Å². The number of piperidine rings is 1. The highest BCUT2D eigenvalue weighted by Crippen LogP contribution is 2.47. The van der Waals surface area contributed by atoms with E-state index in [9.17, 15) is 9.59 Å². The lowest BCUT2D eigenvalue weighted by atomic mass is 10.1. The fourth-order valence-electron chi connectivity index (χ4n) is 3.30. The average Bonchev–Trinajstić information content (AvgIpc) is 3.34. The highest BCUT2D eigenvalue weighted by molar-refractivity contribution is 5.88. The molecule has 1 saturated carbocycles. The molecule has 1 saturated heterocycles. The minimum atomic E-state index is 0.0249. The lowest BCUT2D eigenvalue weighted by Gasteiger charge is -2.26. The van der Waals surface area contributed by atoms with Gasteiger partial charge in [-0.1, -0.05) is 29.8 Å². The van der Waals surface area contributed by atoms with Crippen LogP contribution in [0, 0.1) is 12.8 Å². The van der Waals surface area contributed by atoms with Crippen molar-refractivity contribution in [3.8, 4) is 0 Å². The molecule has 1 aliphatic heterocycles. The Bertz CT molecular complexity index is 564. The number of carbonyl (C=O) groups is 2. The second-order valence-electron chi connectivity index (χ2n) is 6.52. The van der Waals surface area contributed by atoms with Gasteiger partial charge in [-0.05, 0) is 44.1 Å². The second-order valence-corrected chi connectivity index (χ2v) is 6.52. The number of amides is 2. The largest absolute Gasteiger partial charge is 0.347 e. The van der Waals surface area contributed by atoms with Gasteiger partial charge in [-0.3, -0.25) is 9.59 Å². The maximum absolute atomic E-state index is 12.2. The number of benzene rings is 1. The van der Waals surface area contributed by atoms with Gasteiger partial charge in [-0.2, -0.15) is 0 Å². The van der Waals surface area contributed by atoms with Gasteiger partial charge in [-0.25, -0.2) is 0 Å². The predicted molar refractivity (Wildman–Crippen MR) is 85.5 cm³/mol. The Hall–Kier alpha value is -1.84. The molecule has 4 nitrogen and oxygen atoms in total. The van der Waals surface area contributed by atoms with Crippen molar-refractivity contribution in [3.63, 3.8) is 0 Å². The minimum Gasteiger partial charge on any atom is -0.347 e. The minimum absolute atomic E-state index is 0.0249. The summed E-state index contributed by atoms with van der Waals surface area (Å²) in [6.45, 7) is 3.89. The molecule has 1 N–H and O–H groups in total. The van der Waals surface area contributed by atoms with Gasteiger partial charge in [0.2, 0.25) is 11.8 Å². The van der Waals surface area contributed by atoms with Crippen LogP contribution in [0.3, 0.4) is 0 Å². The van der Waals surface area contributed by atoms with Gasteiger partial charge >= 0.3 is 0 Å². The number of hydrogen-bond acceptors (Lipinski definition) is 2. The van der Waals surface area contributed by atoms with Gasteiger partial charge < -0.3 is 10.2 Å². The van der Waals surface area contributed by atoms with E-state index < -0.39 is 0 Å². The number of likely N-dealkylation sites (tertiary alicyclic amines) is 1. The van der Waals surface area contributed by atoms with Gasteiger partial charge in [0, 0.05) is 19.0 Å². The van der Waals surface area contributed by atoms with E-state index in [1.165, 1.54) is 17.5 Å². The zero-order valence-electron chi connectivity index (χ0n) is 13.2. The first kappa shape index (κ1) is 15.1. The Morgan fingerprint density at radius 3 is 2.73 bits per heavy atom. The van der Waals surface area contributed by atoms with E-state index in [-0.39, 0.29) is 24.3 Å². The summed E-state index contributed by atoms with van der Waals surface area (Å²) in [5, 5.41) is 2.83. The van der Waals surface area contributed by atoms with E-state index in [0.717, 1.165) is 32.4 Å². The van der Waals surface area contributed by atoms with Crippen molar-refractivity contribution >= 4 is 11.8 Å². The number of nitrogens with one attached hydrogen (secondary N) is 1. The molecule has 1 heterocycles. The molecule has 1 aromatic rings. The van der Waals surface area contributed by atoms with Crippen LogP contribution in [0.2, 0.25) is 0 Å². The van der Waals surface area contributed by atoms with Crippen molar-refractivity contribution < 1.29 is 9.59 Å². The monoisotopic (exact) mass is 300 g/mol. The van der Waals surface area contributed by atoms with Crippen LogP contribution in [0.15, 0.2) is 24.3 Å². The van der Waals surface area contributed by atoms with Crippen LogP contribution in [0.1, 0.15) is 42.7 Å². The number of aryl methyl sites for hydroxylation is 1. The Morgan fingerprint density at radius 1 is 1.23 bits per heavy atom. The molecular formula is C18H24N2O2. The quantitative estimate of drug-likeness (QED) is 0.927. The van der Waals surface area contributed by atoms with Crippen molar-refractivity contribution in [2.45, 2.75) is 38.5 Å². The topological polar surface area (TPSA) is 49.4 Å². The third-order valence-corrected chi connectivity index (χ3v) is 4.72. The Kier molecular flexibility index (Phi) is 4.46.